The van der Waals surface area contributed by atoms with E-state index in [1.807, 2.05) is 6.08 Å². The first kappa shape index (κ1) is 75.6. The van der Waals surface area contributed by atoms with Crippen molar-refractivity contribution in [3.8, 4) is 0 Å². The molecule has 1 amide bonds. The van der Waals surface area contributed by atoms with Gasteiger partial charge in [-0.05, 0) is 103 Å². The number of esters is 1. The van der Waals surface area contributed by atoms with Gasteiger partial charge in [-0.1, -0.05) is 259 Å². The number of unbranched alkanes of at least 4 members (excludes halogenated alkanes) is 27. The van der Waals surface area contributed by atoms with Crippen LogP contribution in [0.2, 0.25) is 0 Å². The number of ether oxygens (including phenoxy) is 3. The minimum atomic E-state index is -1.62. The molecular formula is C70H121NO10. The van der Waals surface area contributed by atoms with Crippen LogP contribution in [-0.4, -0.2) is 99.6 Å². The normalized spacial score (nSPS) is 19.3. The van der Waals surface area contributed by atoms with Crippen molar-refractivity contribution >= 4 is 11.9 Å². The van der Waals surface area contributed by atoms with Crippen LogP contribution in [0.25, 0.3) is 0 Å². The molecule has 8 unspecified atom stereocenters. The molecule has 6 N–H and O–H groups in total. The largest absolute Gasteiger partial charge is 0.454 e. The van der Waals surface area contributed by atoms with Crippen LogP contribution in [0, 0.1) is 0 Å². The summed E-state index contributed by atoms with van der Waals surface area (Å²) >= 11 is 0. The molecule has 1 aliphatic heterocycles. The van der Waals surface area contributed by atoms with E-state index in [9.17, 15) is 35.1 Å². The summed E-state index contributed by atoms with van der Waals surface area (Å²) in [5.74, 6) is -1.21. The SMILES string of the molecule is CC/C=C\C/C=C\C/C=C\C/C=C\C/C=C\CCCCCCCCCCCC(=O)OC1C(OCC(NC(=O)C(O)CCCCCCCC/C=C\C/C=C\CCCCC)C(O)/C=C/CCCCCCCCCCC)OC(CO)C(O)C1O. The Balaban J connectivity index is 2.60. The third-order valence-electron chi connectivity index (χ3n) is 15.0. The number of hydrogen-bond acceptors (Lipinski definition) is 10. The van der Waals surface area contributed by atoms with Gasteiger partial charge in [0.25, 0.3) is 0 Å². The molecule has 8 atom stereocenters. The van der Waals surface area contributed by atoms with E-state index >= 15 is 0 Å². The van der Waals surface area contributed by atoms with Gasteiger partial charge in [-0.3, -0.25) is 9.59 Å². The fourth-order valence-corrected chi connectivity index (χ4v) is 9.77. The second-order valence-electron chi connectivity index (χ2n) is 22.5. The molecule has 0 radical (unpaired) electrons. The first-order valence-corrected chi connectivity index (χ1v) is 33.0. The van der Waals surface area contributed by atoms with Gasteiger partial charge in [-0.2, -0.15) is 0 Å². The minimum absolute atomic E-state index is 0.111. The van der Waals surface area contributed by atoms with Crippen LogP contribution >= 0.6 is 0 Å². The number of amides is 1. The second kappa shape index (κ2) is 57.0. The van der Waals surface area contributed by atoms with E-state index in [-0.39, 0.29) is 19.4 Å². The Bertz CT molecular complexity index is 1690. The topological polar surface area (TPSA) is 175 Å². The summed E-state index contributed by atoms with van der Waals surface area (Å²) in [7, 11) is 0. The smallest absolute Gasteiger partial charge is 0.306 e. The molecule has 466 valence electrons. The summed E-state index contributed by atoms with van der Waals surface area (Å²) in [5, 5.41) is 57.0. The van der Waals surface area contributed by atoms with Gasteiger partial charge in [-0.15, -0.1) is 0 Å². The molecule has 11 heteroatoms. The summed E-state index contributed by atoms with van der Waals surface area (Å²) in [6.45, 7) is 5.64. The first-order chi connectivity index (χ1) is 39.7. The molecule has 1 heterocycles. The van der Waals surface area contributed by atoms with Crippen LogP contribution < -0.4 is 5.32 Å². The monoisotopic (exact) mass is 1140 g/mol. The highest BCUT2D eigenvalue weighted by molar-refractivity contribution is 5.80. The molecule has 0 aromatic heterocycles. The number of aliphatic hydroxyl groups is 5. The quantitative estimate of drug-likeness (QED) is 0.0195. The number of carbonyl (C=O) groups is 2. The Morgan fingerprint density at radius 3 is 1.36 bits per heavy atom. The van der Waals surface area contributed by atoms with Crippen LogP contribution in [0.5, 0.6) is 0 Å². The maximum atomic E-state index is 13.4. The average Bonchev–Trinajstić information content (AvgIpc) is 3.52. The third-order valence-corrected chi connectivity index (χ3v) is 15.0. The van der Waals surface area contributed by atoms with E-state index in [0.29, 0.717) is 12.8 Å². The zero-order chi connectivity index (χ0) is 58.9. The second-order valence-corrected chi connectivity index (χ2v) is 22.5. The van der Waals surface area contributed by atoms with E-state index < -0.39 is 67.4 Å². The molecule has 1 saturated heterocycles. The van der Waals surface area contributed by atoms with Gasteiger partial charge in [-0.25, -0.2) is 0 Å². The van der Waals surface area contributed by atoms with E-state index in [4.69, 9.17) is 14.2 Å². The first-order valence-electron chi connectivity index (χ1n) is 33.0. The number of nitrogens with one attached hydrogen (secondary N) is 1. The van der Waals surface area contributed by atoms with Crippen molar-refractivity contribution in [1.29, 1.82) is 0 Å². The summed E-state index contributed by atoms with van der Waals surface area (Å²) in [4.78, 5) is 26.6. The number of carbonyl (C=O) groups excluding carboxylic acids is 2. The third kappa shape index (κ3) is 44.7. The molecule has 81 heavy (non-hydrogen) atoms. The molecular weight excluding hydrogens is 1010 g/mol. The van der Waals surface area contributed by atoms with Gasteiger partial charge < -0.3 is 45.1 Å². The Morgan fingerprint density at radius 2 is 0.889 bits per heavy atom. The van der Waals surface area contributed by atoms with E-state index in [1.165, 1.54) is 96.3 Å². The van der Waals surface area contributed by atoms with Crippen molar-refractivity contribution in [2.75, 3.05) is 13.2 Å². The number of rotatable bonds is 55. The predicted molar refractivity (Wildman–Crippen MR) is 338 cm³/mol. The molecule has 1 rings (SSSR count). The lowest BCUT2D eigenvalue weighted by Crippen LogP contribution is -2.61. The Hall–Kier alpha value is -3.42. The molecule has 0 saturated carbocycles. The zero-order valence-electron chi connectivity index (χ0n) is 51.6. The van der Waals surface area contributed by atoms with Gasteiger partial charge in [0.05, 0.1) is 25.4 Å². The molecule has 0 aromatic carbocycles. The average molecular weight is 1140 g/mol. The van der Waals surface area contributed by atoms with Crippen molar-refractivity contribution in [2.24, 2.45) is 0 Å². The van der Waals surface area contributed by atoms with Gasteiger partial charge in [0.1, 0.15) is 24.4 Å². The van der Waals surface area contributed by atoms with E-state index in [2.05, 4.69) is 111 Å². The van der Waals surface area contributed by atoms with Crippen LogP contribution in [0.15, 0.2) is 97.2 Å². The van der Waals surface area contributed by atoms with Gasteiger partial charge in [0.15, 0.2) is 12.4 Å². The minimum Gasteiger partial charge on any atom is -0.454 e. The maximum absolute atomic E-state index is 13.4. The van der Waals surface area contributed by atoms with Crippen molar-refractivity contribution in [3.63, 3.8) is 0 Å². The Morgan fingerprint density at radius 1 is 0.494 bits per heavy atom. The van der Waals surface area contributed by atoms with Crippen molar-refractivity contribution in [3.05, 3.63) is 97.2 Å². The number of hydrogen-bond donors (Lipinski definition) is 6. The zero-order valence-corrected chi connectivity index (χ0v) is 51.6. The highest BCUT2D eigenvalue weighted by Crippen LogP contribution is 2.26. The van der Waals surface area contributed by atoms with Crippen LogP contribution in [0.4, 0.5) is 0 Å². The predicted octanol–water partition coefficient (Wildman–Crippen LogP) is 16.3. The van der Waals surface area contributed by atoms with Crippen molar-refractivity contribution in [2.45, 2.75) is 320 Å². The van der Waals surface area contributed by atoms with Gasteiger partial charge >= 0.3 is 5.97 Å². The molecule has 0 spiro atoms. The van der Waals surface area contributed by atoms with Crippen LogP contribution in [-0.2, 0) is 23.8 Å². The maximum Gasteiger partial charge on any atom is 0.306 e. The van der Waals surface area contributed by atoms with Crippen LogP contribution in [0.1, 0.15) is 271 Å². The molecule has 0 aliphatic carbocycles. The summed E-state index contributed by atoms with van der Waals surface area (Å²) < 4.78 is 17.6. The van der Waals surface area contributed by atoms with Crippen molar-refractivity contribution in [1.82, 2.24) is 5.32 Å². The summed E-state index contributed by atoms with van der Waals surface area (Å²) in [6, 6.07) is -1.03. The lowest BCUT2D eigenvalue weighted by molar-refractivity contribution is -0.305. The fourth-order valence-electron chi connectivity index (χ4n) is 9.77. The Labute approximate surface area is 495 Å². The molecule has 11 nitrogen and oxygen atoms in total. The lowest BCUT2D eigenvalue weighted by atomic mass is 9.99. The molecule has 1 aliphatic rings. The number of aliphatic hydroxyl groups excluding tert-OH is 5. The summed E-state index contributed by atoms with van der Waals surface area (Å²) in [6.07, 6.45) is 65.8. The molecule has 0 aromatic rings. The fraction of sp³-hybridized carbons (Fsp3) is 0.743. The highest BCUT2D eigenvalue weighted by atomic mass is 16.7. The standard InChI is InChI=1S/C70H121NO10/c1-4-7-10-13-16-19-22-24-26-28-29-30-31-32-33-34-35-36-38-40-43-46-49-52-55-58-65(75)81-68-67(77)66(76)64(59-72)80-70(68)79-60-61(62(73)56-53-50-47-44-41-21-18-15-12-9-6-3)71-69(78)63(74)57-54-51-48-45-42-39-37-27-25-23-20-17-14-11-8-5-2/h7,10,16-17,19-20,24-27,29-30,32-33,53,56,61-64,66-68,70,72-74,76-77H,4-6,8-9,11-15,18,21-23,28,31,34-52,54-55,57-60H2,1-3H3,(H,71,78)/b10-7-,19-16-,20-17-,26-24-,27-25-,30-29-,33-32-,56-53+. The molecule has 0 bridgehead atoms. The van der Waals surface area contributed by atoms with Gasteiger partial charge in [0, 0.05) is 6.42 Å². The van der Waals surface area contributed by atoms with E-state index in [1.54, 1.807) is 6.08 Å². The number of allylic oxidation sites excluding steroid dienone is 15. The van der Waals surface area contributed by atoms with Gasteiger partial charge in [0.2, 0.25) is 5.91 Å². The highest BCUT2D eigenvalue weighted by Gasteiger charge is 2.47. The summed E-state index contributed by atoms with van der Waals surface area (Å²) in [5.41, 5.74) is 0. The van der Waals surface area contributed by atoms with E-state index in [0.717, 1.165) is 128 Å². The van der Waals surface area contributed by atoms with Crippen LogP contribution in [0.3, 0.4) is 0 Å². The van der Waals surface area contributed by atoms with Crippen molar-refractivity contribution < 1.29 is 49.3 Å². The molecule has 1 fully saturated rings. The lowest BCUT2D eigenvalue weighted by Gasteiger charge is -2.41. The Kier molecular flexibility index (Phi) is 53.2.